The molecule has 3 heteroatoms. The Balaban J connectivity index is 2.12. The van der Waals surface area contributed by atoms with Gasteiger partial charge in [0.15, 0.2) is 5.79 Å². The molecule has 0 aromatic heterocycles. The summed E-state index contributed by atoms with van der Waals surface area (Å²) in [6.45, 7) is 11.4. The normalized spacial score (nSPS) is 26.5. The van der Waals surface area contributed by atoms with E-state index in [-0.39, 0.29) is 6.10 Å². The number of ether oxygens (including phenoxy) is 2. The van der Waals surface area contributed by atoms with Crippen molar-refractivity contribution in [2.75, 3.05) is 13.2 Å². The third-order valence-electron chi connectivity index (χ3n) is 2.57. The third kappa shape index (κ3) is 4.78. The maximum atomic E-state index is 5.70. The highest BCUT2D eigenvalue weighted by atomic mass is 16.7. The van der Waals surface area contributed by atoms with Crippen LogP contribution in [0.3, 0.4) is 0 Å². The van der Waals surface area contributed by atoms with Crippen molar-refractivity contribution in [2.24, 2.45) is 0 Å². The van der Waals surface area contributed by atoms with Crippen LogP contribution in [0.15, 0.2) is 12.7 Å². The molecule has 0 aliphatic carbocycles. The minimum Gasteiger partial charge on any atom is -0.348 e. The summed E-state index contributed by atoms with van der Waals surface area (Å²) in [7, 11) is 0. The van der Waals surface area contributed by atoms with Gasteiger partial charge in [0.2, 0.25) is 0 Å². The molecule has 0 amide bonds. The van der Waals surface area contributed by atoms with E-state index >= 15 is 0 Å². The van der Waals surface area contributed by atoms with Gasteiger partial charge in [-0.05, 0) is 33.6 Å². The molecule has 1 aliphatic heterocycles. The van der Waals surface area contributed by atoms with Gasteiger partial charge in [0, 0.05) is 12.6 Å². The molecule has 0 bridgehead atoms. The fourth-order valence-electron chi connectivity index (χ4n) is 1.67. The van der Waals surface area contributed by atoms with Crippen molar-refractivity contribution >= 4 is 0 Å². The van der Waals surface area contributed by atoms with Gasteiger partial charge < -0.3 is 14.8 Å². The largest absolute Gasteiger partial charge is 0.348 e. The lowest BCUT2D eigenvalue weighted by molar-refractivity contribution is -0.137. The van der Waals surface area contributed by atoms with Crippen molar-refractivity contribution in [1.29, 1.82) is 0 Å². The molecule has 88 valence electrons. The zero-order valence-corrected chi connectivity index (χ0v) is 10.1. The highest BCUT2D eigenvalue weighted by molar-refractivity contribution is 4.76. The minimum absolute atomic E-state index is 0.186. The molecule has 1 N–H and O–H groups in total. The number of hydrogen-bond donors (Lipinski definition) is 1. The van der Waals surface area contributed by atoms with E-state index < -0.39 is 5.79 Å². The van der Waals surface area contributed by atoms with E-state index in [0.717, 1.165) is 19.4 Å². The molecule has 2 atom stereocenters. The zero-order chi connectivity index (χ0) is 11.3. The second-order valence-corrected chi connectivity index (χ2v) is 4.63. The van der Waals surface area contributed by atoms with Gasteiger partial charge in [-0.2, -0.15) is 0 Å². The number of nitrogens with one attached hydrogen (secondary N) is 1. The van der Waals surface area contributed by atoms with Gasteiger partial charge in [-0.1, -0.05) is 6.08 Å². The monoisotopic (exact) mass is 213 g/mol. The van der Waals surface area contributed by atoms with Crippen LogP contribution in [-0.4, -0.2) is 31.1 Å². The average Bonchev–Trinajstić information content (AvgIpc) is 2.52. The Hall–Kier alpha value is -0.380. The average molecular weight is 213 g/mol. The summed E-state index contributed by atoms with van der Waals surface area (Å²) in [4.78, 5) is 0. The molecule has 3 nitrogen and oxygen atoms in total. The van der Waals surface area contributed by atoms with Crippen LogP contribution in [0.2, 0.25) is 0 Å². The van der Waals surface area contributed by atoms with Crippen LogP contribution in [0.25, 0.3) is 0 Å². The smallest absolute Gasteiger partial charge is 0.163 e. The fourth-order valence-corrected chi connectivity index (χ4v) is 1.67. The van der Waals surface area contributed by atoms with Gasteiger partial charge in [-0.3, -0.25) is 0 Å². The Morgan fingerprint density at radius 1 is 1.60 bits per heavy atom. The first-order valence-electron chi connectivity index (χ1n) is 5.69. The van der Waals surface area contributed by atoms with E-state index in [2.05, 4.69) is 18.8 Å². The van der Waals surface area contributed by atoms with Crippen LogP contribution < -0.4 is 5.32 Å². The lowest BCUT2D eigenvalue weighted by Gasteiger charge is -2.19. The maximum absolute atomic E-state index is 5.70. The Labute approximate surface area is 92.8 Å². The Kier molecular flexibility index (Phi) is 4.77. The zero-order valence-electron chi connectivity index (χ0n) is 10.1. The molecule has 1 saturated heterocycles. The number of hydrogen-bond acceptors (Lipinski definition) is 3. The van der Waals surface area contributed by atoms with Crippen molar-refractivity contribution < 1.29 is 9.47 Å². The molecule has 2 unspecified atom stereocenters. The summed E-state index contributed by atoms with van der Waals surface area (Å²) in [6, 6.07) is 0.510. The molecule has 0 aromatic rings. The molecule has 0 aromatic carbocycles. The van der Waals surface area contributed by atoms with Gasteiger partial charge in [-0.15, -0.1) is 6.58 Å². The summed E-state index contributed by atoms with van der Waals surface area (Å²) in [5.41, 5.74) is 0. The molecule has 1 heterocycles. The Morgan fingerprint density at radius 2 is 2.33 bits per heavy atom. The molecule has 0 saturated carbocycles. The lowest BCUT2D eigenvalue weighted by Crippen LogP contribution is -2.35. The van der Waals surface area contributed by atoms with Crippen molar-refractivity contribution in [3.8, 4) is 0 Å². The second kappa shape index (κ2) is 5.64. The SMILES string of the molecule is C=CCCC(C)NCC1COC(C)(C)O1. The summed E-state index contributed by atoms with van der Waals surface area (Å²) < 4.78 is 11.2. The van der Waals surface area contributed by atoms with E-state index in [1.807, 2.05) is 19.9 Å². The minimum atomic E-state index is -0.406. The molecule has 1 fully saturated rings. The van der Waals surface area contributed by atoms with Crippen LogP contribution in [0, 0.1) is 0 Å². The lowest BCUT2D eigenvalue weighted by atomic mass is 10.2. The van der Waals surface area contributed by atoms with Gasteiger partial charge in [0.1, 0.15) is 0 Å². The summed E-state index contributed by atoms with van der Waals surface area (Å²) in [6.07, 6.45) is 4.32. The summed E-state index contributed by atoms with van der Waals surface area (Å²) in [5.74, 6) is -0.406. The fraction of sp³-hybridized carbons (Fsp3) is 0.833. The van der Waals surface area contributed by atoms with Crippen molar-refractivity contribution in [1.82, 2.24) is 5.32 Å². The molecule has 0 spiro atoms. The van der Waals surface area contributed by atoms with Crippen LogP contribution >= 0.6 is 0 Å². The molecule has 1 rings (SSSR count). The standard InChI is InChI=1S/C12H23NO2/c1-5-6-7-10(2)13-8-11-9-14-12(3,4)15-11/h5,10-11,13H,1,6-9H2,2-4H3. The van der Waals surface area contributed by atoms with Crippen molar-refractivity contribution in [3.63, 3.8) is 0 Å². The van der Waals surface area contributed by atoms with E-state index in [0.29, 0.717) is 12.6 Å². The van der Waals surface area contributed by atoms with Crippen molar-refractivity contribution in [2.45, 2.75) is 51.5 Å². The predicted octanol–water partition coefficient (Wildman–Crippen LogP) is 2.08. The Bertz CT molecular complexity index is 204. The first kappa shape index (κ1) is 12.7. The van der Waals surface area contributed by atoms with Gasteiger partial charge >= 0.3 is 0 Å². The Morgan fingerprint density at radius 3 is 2.87 bits per heavy atom. The molecular formula is C12H23NO2. The van der Waals surface area contributed by atoms with Gasteiger partial charge in [0.25, 0.3) is 0 Å². The first-order valence-corrected chi connectivity index (χ1v) is 5.69. The third-order valence-corrected chi connectivity index (χ3v) is 2.57. The second-order valence-electron chi connectivity index (χ2n) is 4.63. The summed E-state index contributed by atoms with van der Waals surface area (Å²) >= 11 is 0. The van der Waals surface area contributed by atoms with E-state index in [9.17, 15) is 0 Å². The first-order chi connectivity index (χ1) is 7.03. The number of rotatable bonds is 6. The van der Waals surface area contributed by atoms with Gasteiger partial charge in [-0.25, -0.2) is 0 Å². The highest BCUT2D eigenvalue weighted by Crippen LogP contribution is 2.21. The number of allylic oxidation sites excluding steroid dienone is 1. The van der Waals surface area contributed by atoms with Crippen LogP contribution in [-0.2, 0) is 9.47 Å². The van der Waals surface area contributed by atoms with E-state index in [4.69, 9.17) is 9.47 Å². The summed E-state index contributed by atoms with van der Waals surface area (Å²) in [5, 5.41) is 3.44. The van der Waals surface area contributed by atoms with Crippen LogP contribution in [0.4, 0.5) is 0 Å². The van der Waals surface area contributed by atoms with Crippen LogP contribution in [0.5, 0.6) is 0 Å². The van der Waals surface area contributed by atoms with Crippen LogP contribution in [0.1, 0.15) is 33.6 Å². The topological polar surface area (TPSA) is 30.5 Å². The van der Waals surface area contributed by atoms with Crippen molar-refractivity contribution in [3.05, 3.63) is 12.7 Å². The van der Waals surface area contributed by atoms with E-state index in [1.165, 1.54) is 0 Å². The van der Waals surface area contributed by atoms with E-state index in [1.54, 1.807) is 0 Å². The molecule has 0 radical (unpaired) electrons. The molecular weight excluding hydrogens is 190 g/mol. The maximum Gasteiger partial charge on any atom is 0.163 e. The molecule has 15 heavy (non-hydrogen) atoms. The predicted molar refractivity (Wildman–Crippen MR) is 61.8 cm³/mol. The molecule has 1 aliphatic rings. The van der Waals surface area contributed by atoms with Gasteiger partial charge in [0.05, 0.1) is 12.7 Å². The highest BCUT2D eigenvalue weighted by Gasteiger charge is 2.32. The quantitative estimate of drug-likeness (QED) is 0.685.